The summed E-state index contributed by atoms with van der Waals surface area (Å²) in [6.45, 7) is 4.87. The number of hydrogen-bond acceptors (Lipinski definition) is 4. The van der Waals surface area contributed by atoms with Crippen molar-refractivity contribution < 1.29 is 19.4 Å². The molecule has 0 saturated carbocycles. The van der Waals surface area contributed by atoms with Gasteiger partial charge in [-0.1, -0.05) is 13.8 Å². The van der Waals surface area contributed by atoms with Crippen LogP contribution in [0.15, 0.2) is 10.5 Å². The Kier molecular flexibility index (Phi) is 4.01. The smallest absolute Gasteiger partial charge is 0.325 e. The zero-order valence-electron chi connectivity index (χ0n) is 10.8. The van der Waals surface area contributed by atoms with E-state index in [2.05, 4.69) is 15.9 Å². The maximum Gasteiger partial charge on any atom is 0.325 e. The average Bonchev–Trinajstić information content (AvgIpc) is 2.37. The van der Waals surface area contributed by atoms with Crippen molar-refractivity contribution in [2.45, 2.75) is 25.8 Å². The van der Waals surface area contributed by atoms with Gasteiger partial charge in [-0.2, -0.15) is 0 Å². The van der Waals surface area contributed by atoms with Crippen molar-refractivity contribution in [1.29, 1.82) is 0 Å². The largest absolute Gasteiger partial charge is 0.486 e. The predicted octanol–water partition coefficient (Wildman–Crippen LogP) is 2.43. The molecule has 6 heteroatoms. The van der Waals surface area contributed by atoms with E-state index in [-0.39, 0.29) is 5.92 Å². The molecule has 0 amide bonds. The standard InChI is InChI=1S/C13H16BrNO4/c1-6(2)9-7(10(15)13(16)17)5-8(14)11-12(9)19-4-3-18-11/h5-6,10H,3-4,15H2,1-2H3,(H,16,17). The second kappa shape index (κ2) is 5.38. The molecule has 1 atom stereocenters. The third-order valence-electron chi connectivity index (χ3n) is 3.02. The molecule has 5 nitrogen and oxygen atoms in total. The summed E-state index contributed by atoms with van der Waals surface area (Å²) in [4.78, 5) is 11.1. The van der Waals surface area contributed by atoms with Crippen LogP contribution in [0.3, 0.4) is 0 Å². The van der Waals surface area contributed by atoms with Crippen LogP contribution in [0.25, 0.3) is 0 Å². The molecule has 0 aromatic heterocycles. The first-order valence-electron chi connectivity index (χ1n) is 6.03. The fraction of sp³-hybridized carbons (Fsp3) is 0.462. The van der Waals surface area contributed by atoms with Crippen molar-refractivity contribution in [3.05, 3.63) is 21.7 Å². The molecule has 0 radical (unpaired) electrons. The molecular weight excluding hydrogens is 314 g/mol. The number of halogens is 1. The molecule has 1 aliphatic rings. The van der Waals surface area contributed by atoms with Gasteiger partial charge >= 0.3 is 5.97 Å². The van der Waals surface area contributed by atoms with Gasteiger partial charge in [0.05, 0.1) is 4.47 Å². The van der Waals surface area contributed by atoms with Gasteiger partial charge in [0.1, 0.15) is 19.3 Å². The highest BCUT2D eigenvalue weighted by Crippen LogP contribution is 2.46. The van der Waals surface area contributed by atoms with E-state index in [1.807, 2.05) is 13.8 Å². The van der Waals surface area contributed by atoms with Crippen LogP contribution in [0.5, 0.6) is 11.5 Å². The van der Waals surface area contributed by atoms with Crippen LogP contribution >= 0.6 is 15.9 Å². The van der Waals surface area contributed by atoms with Crippen LogP contribution in [0, 0.1) is 0 Å². The number of fused-ring (bicyclic) bond motifs is 1. The Bertz CT molecular complexity index is 516. The van der Waals surface area contributed by atoms with Crippen LogP contribution in [-0.4, -0.2) is 24.3 Å². The van der Waals surface area contributed by atoms with Gasteiger partial charge in [-0.3, -0.25) is 4.79 Å². The Balaban J connectivity index is 2.66. The van der Waals surface area contributed by atoms with Crippen LogP contribution in [-0.2, 0) is 4.79 Å². The lowest BCUT2D eigenvalue weighted by Gasteiger charge is -2.27. The second-order valence-corrected chi connectivity index (χ2v) is 5.54. The van der Waals surface area contributed by atoms with Crippen molar-refractivity contribution in [2.24, 2.45) is 5.73 Å². The number of carboxylic acids is 1. The third kappa shape index (κ3) is 2.55. The molecule has 1 unspecified atom stereocenters. The Morgan fingerprint density at radius 2 is 1.95 bits per heavy atom. The van der Waals surface area contributed by atoms with Gasteiger partial charge in [0.25, 0.3) is 0 Å². The molecule has 19 heavy (non-hydrogen) atoms. The predicted molar refractivity (Wildman–Crippen MR) is 73.8 cm³/mol. The number of nitrogens with two attached hydrogens (primary N) is 1. The highest BCUT2D eigenvalue weighted by molar-refractivity contribution is 9.10. The summed E-state index contributed by atoms with van der Waals surface area (Å²) in [7, 11) is 0. The maximum absolute atomic E-state index is 11.1. The zero-order valence-corrected chi connectivity index (χ0v) is 12.4. The number of ether oxygens (including phenoxy) is 2. The van der Waals surface area contributed by atoms with E-state index < -0.39 is 12.0 Å². The first kappa shape index (κ1) is 14.1. The van der Waals surface area contributed by atoms with E-state index in [1.165, 1.54) is 0 Å². The van der Waals surface area contributed by atoms with Gasteiger partial charge in [0.15, 0.2) is 11.5 Å². The van der Waals surface area contributed by atoms with Gasteiger partial charge in [0.2, 0.25) is 0 Å². The molecular formula is C13H16BrNO4. The molecule has 104 valence electrons. The summed E-state index contributed by atoms with van der Waals surface area (Å²) in [5.41, 5.74) is 7.11. The van der Waals surface area contributed by atoms with Crippen molar-refractivity contribution >= 4 is 21.9 Å². The average molecular weight is 330 g/mol. The van der Waals surface area contributed by atoms with Crippen LogP contribution in [0.2, 0.25) is 0 Å². The van der Waals surface area contributed by atoms with E-state index in [0.29, 0.717) is 34.7 Å². The summed E-state index contributed by atoms with van der Waals surface area (Å²) in [5, 5.41) is 9.12. The molecule has 1 heterocycles. The number of carboxylic acid groups (broad SMARTS) is 1. The lowest BCUT2D eigenvalue weighted by Crippen LogP contribution is -2.24. The maximum atomic E-state index is 11.1. The van der Waals surface area contributed by atoms with Gasteiger partial charge in [0, 0.05) is 5.56 Å². The molecule has 2 rings (SSSR count). The minimum absolute atomic E-state index is 0.0870. The molecule has 0 spiro atoms. The number of hydrogen-bond donors (Lipinski definition) is 2. The van der Waals surface area contributed by atoms with Gasteiger partial charge in [-0.25, -0.2) is 0 Å². The highest BCUT2D eigenvalue weighted by atomic mass is 79.9. The molecule has 1 aliphatic heterocycles. The monoisotopic (exact) mass is 329 g/mol. The first-order chi connectivity index (χ1) is 8.93. The summed E-state index contributed by atoms with van der Waals surface area (Å²) in [6, 6.07) is 0.631. The Labute approximate surface area is 119 Å². The molecule has 0 saturated heterocycles. The van der Waals surface area contributed by atoms with Crippen LogP contribution in [0.4, 0.5) is 0 Å². The third-order valence-corrected chi connectivity index (χ3v) is 3.60. The van der Waals surface area contributed by atoms with Crippen LogP contribution < -0.4 is 15.2 Å². The number of carbonyl (C=O) groups is 1. The number of benzene rings is 1. The van der Waals surface area contributed by atoms with Gasteiger partial charge in [-0.15, -0.1) is 0 Å². The summed E-state index contributed by atoms with van der Waals surface area (Å²) >= 11 is 3.38. The Morgan fingerprint density at radius 3 is 2.47 bits per heavy atom. The normalized spacial score (nSPS) is 15.4. The fourth-order valence-corrected chi connectivity index (χ4v) is 2.73. The topological polar surface area (TPSA) is 81.8 Å². The van der Waals surface area contributed by atoms with Gasteiger partial charge in [-0.05, 0) is 33.5 Å². The van der Waals surface area contributed by atoms with E-state index in [4.69, 9.17) is 20.3 Å². The van der Waals surface area contributed by atoms with E-state index in [9.17, 15) is 4.79 Å². The molecule has 3 N–H and O–H groups in total. The van der Waals surface area contributed by atoms with E-state index in [1.54, 1.807) is 6.07 Å². The first-order valence-corrected chi connectivity index (χ1v) is 6.83. The van der Waals surface area contributed by atoms with Crippen molar-refractivity contribution in [1.82, 2.24) is 0 Å². The molecule has 0 fully saturated rings. The van der Waals surface area contributed by atoms with Gasteiger partial charge < -0.3 is 20.3 Å². The lowest BCUT2D eigenvalue weighted by molar-refractivity contribution is -0.138. The number of aliphatic carboxylic acids is 1. The second-order valence-electron chi connectivity index (χ2n) is 4.69. The Hall–Kier alpha value is -1.27. The van der Waals surface area contributed by atoms with E-state index in [0.717, 1.165) is 5.56 Å². The quantitative estimate of drug-likeness (QED) is 0.889. The fourth-order valence-electron chi connectivity index (χ4n) is 2.19. The van der Waals surface area contributed by atoms with Crippen molar-refractivity contribution in [2.75, 3.05) is 13.2 Å². The summed E-state index contributed by atoms with van der Waals surface area (Å²) in [6.07, 6.45) is 0. The molecule has 1 aromatic carbocycles. The Morgan fingerprint density at radius 1 is 1.37 bits per heavy atom. The summed E-state index contributed by atoms with van der Waals surface area (Å²) < 4.78 is 11.9. The van der Waals surface area contributed by atoms with E-state index >= 15 is 0 Å². The SMILES string of the molecule is CC(C)c1c(C(N)C(=O)O)cc(Br)c2c1OCCO2. The van der Waals surface area contributed by atoms with Crippen LogP contribution in [0.1, 0.15) is 36.9 Å². The molecule has 0 bridgehead atoms. The minimum atomic E-state index is -1.08. The minimum Gasteiger partial charge on any atom is -0.486 e. The molecule has 0 aliphatic carbocycles. The van der Waals surface area contributed by atoms with Crippen molar-refractivity contribution in [3.8, 4) is 11.5 Å². The molecule has 1 aromatic rings. The van der Waals surface area contributed by atoms with Crippen molar-refractivity contribution in [3.63, 3.8) is 0 Å². The number of rotatable bonds is 3. The highest BCUT2D eigenvalue weighted by Gasteiger charge is 2.28. The zero-order chi connectivity index (χ0) is 14.2. The lowest BCUT2D eigenvalue weighted by atomic mass is 9.91. The summed E-state index contributed by atoms with van der Waals surface area (Å²) in [5.74, 6) is 0.244.